The quantitative estimate of drug-likeness (QED) is 0.526. The Labute approximate surface area is 176 Å². The smallest absolute Gasteiger partial charge is 0.193 e. The summed E-state index contributed by atoms with van der Waals surface area (Å²) in [4.78, 5) is 15.1. The number of benzene rings is 2. The molecular formula is C23H27NO6. The van der Waals surface area contributed by atoms with Crippen LogP contribution in [0.1, 0.15) is 21.5 Å². The first-order valence-electron chi connectivity index (χ1n) is 9.70. The van der Waals surface area contributed by atoms with E-state index in [1.807, 2.05) is 24.3 Å². The van der Waals surface area contributed by atoms with Gasteiger partial charge in [0.15, 0.2) is 5.78 Å². The van der Waals surface area contributed by atoms with Gasteiger partial charge in [-0.2, -0.15) is 0 Å². The summed E-state index contributed by atoms with van der Waals surface area (Å²) >= 11 is 0. The van der Waals surface area contributed by atoms with Crippen molar-refractivity contribution in [2.45, 2.75) is 6.54 Å². The number of allylic oxidation sites excluding steroid dienone is 1. The van der Waals surface area contributed by atoms with Gasteiger partial charge in [0, 0.05) is 25.7 Å². The van der Waals surface area contributed by atoms with E-state index in [2.05, 4.69) is 4.90 Å². The fraction of sp³-hybridized carbons (Fsp3) is 0.348. The predicted molar refractivity (Wildman–Crippen MR) is 114 cm³/mol. The number of morpholine rings is 1. The van der Waals surface area contributed by atoms with Crippen LogP contribution in [-0.2, 0) is 11.3 Å². The van der Waals surface area contributed by atoms with E-state index in [4.69, 9.17) is 18.9 Å². The van der Waals surface area contributed by atoms with Gasteiger partial charge < -0.3 is 24.1 Å². The lowest BCUT2D eigenvalue weighted by atomic mass is 10.0. The van der Waals surface area contributed by atoms with Gasteiger partial charge in [-0.05, 0) is 23.8 Å². The maximum Gasteiger partial charge on any atom is 0.193 e. The maximum atomic E-state index is 13.0. The highest BCUT2D eigenvalue weighted by Crippen LogP contribution is 2.40. The Morgan fingerprint density at radius 3 is 2.50 bits per heavy atom. The van der Waals surface area contributed by atoms with Gasteiger partial charge in [-0.15, -0.1) is 0 Å². The van der Waals surface area contributed by atoms with E-state index in [9.17, 15) is 9.90 Å². The van der Waals surface area contributed by atoms with Crippen LogP contribution in [0, 0.1) is 0 Å². The van der Waals surface area contributed by atoms with E-state index in [0.717, 1.165) is 18.7 Å². The summed E-state index contributed by atoms with van der Waals surface area (Å²) < 4.78 is 21.4. The van der Waals surface area contributed by atoms with Gasteiger partial charge in [-0.1, -0.05) is 18.2 Å². The molecule has 1 saturated heterocycles. The number of methoxy groups -OCH3 is 3. The summed E-state index contributed by atoms with van der Waals surface area (Å²) in [6, 6.07) is 8.99. The molecule has 1 fully saturated rings. The summed E-state index contributed by atoms with van der Waals surface area (Å²) in [7, 11) is 4.57. The summed E-state index contributed by atoms with van der Waals surface area (Å²) in [6.07, 6.45) is 3.09. The molecule has 0 radical (unpaired) electrons. The maximum absolute atomic E-state index is 13.0. The topological polar surface area (TPSA) is 77.5 Å². The standard InChI is InChI=1S/C23H27NO6/c1-27-17-6-4-5-16(13-17)7-8-19(25)22-21(29-3)14-20(28-2)18(23(22)26)15-24-9-11-30-12-10-24/h4-8,13-14,26H,9-12,15H2,1-3H3/b8-7+. The van der Waals surface area contributed by atoms with Crippen molar-refractivity contribution in [1.82, 2.24) is 4.90 Å². The van der Waals surface area contributed by atoms with Crippen molar-refractivity contribution in [1.29, 1.82) is 0 Å². The first-order valence-corrected chi connectivity index (χ1v) is 9.70. The van der Waals surface area contributed by atoms with Crippen LogP contribution in [0.25, 0.3) is 6.08 Å². The molecule has 160 valence electrons. The molecule has 1 aliphatic rings. The van der Waals surface area contributed by atoms with Crippen molar-refractivity contribution in [3.05, 3.63) is 53.1 Å². The summed E-state index contributed by atoms with van der Waals surface area (Å²) in [6.45, 7) is 3.20. The molecule has 7 nitrogen and oxygen atoms in total. The van der Waals surface area contributed by atoms with E-state index in [1.54, 1.807) is 19.3 Å². The number of carbonyl (C=O) groups is 1. The third kappa shape index (κ3) is 4.93. The Balaban J connectivity index is 1.94. The number of nitrogens with zero attached hydrogens (tertiary/aromatic N) is 1. The first-order chi connectivity index (χ1) is 14.6. The molecule has 0 amide bonds. The van der Waals surface area contributed by atoms with E-state index in [0.29, 0.717) is 36.8 Å². The van der Waals surface area contributed by atoms with Gasteiger partial charge in [-0.25, -0.2) is 0 Å². The number of carbonyl (C=O) groups excluding carboxylic acids is 1. The minimum Gasteiger partial charge on any atom is -0.507 e. The van der Waals surface area contributed by atoms with E-state index in [-0.39, 0.29) is 22.8 Å². The normalized spacial score (nSPS) is 14.6. The summed E-state index contributed by atoms with van der Waals surface area (Å²) in [5, 5.41) is 11.0. The largest absolute Gasteiger partial charge is 0.507 e. The lowest BCUT2D eigenvalue weighted by Gasteiger charge is -2.28. The van der Waals surface area contributed by atoms with Crippen molar-refractivity contribution in [2.24, 2.45) is 0 Å². The minimum absolute atomic E-state index is 0.112. The number of hydrogen-bond donors (Lipinski definition) is 1. The van der Waals surface area contributed by atoms with Crippen molar-refractivity contribution >= 4 is 11.9 Å². The van der Waals surface area contributed by atoms with Crippen LogP contribution in [0.5, 0.6) is 23.0 Å². The third-order valence-corrected chi connectivity index (χ3v) is 5.02. The minimum atomic E-state index is -0.363. The van der Waals surface area contributed by atoms with Crippen LogP contribution in [0.2, 0.25) is 0 Å². The lowest BCUT2D eigenvalue weighted by Crippen LogP contribution is -2.35. The zero-order chi connectivity index (χ0) is 21.5. The van der Waals surface area contributed by atoms with E-state index < -0.39 is 0 Å². The zero-order valence-electron chi connectivity index (χ0n) is 17.5. The molecule has 1 N–H and O–H groups in total. The number of rotatable bonds is 8. The van der Waals surface area contributed by atoms with Crippen molar-refractivity contribution in [3.63, 3.8) is 0 Å². The highest BCUT2D eigenvalue weighted by molar-refractivity contribution is 6.11. The molecule has 30 heavy (non-hydrogen) atoms. The molecule has 0 aliphatic carbocycles. The molecule has 2 aromatic carbocycles. The number of ketones is 1. The second-order valence-electron chi connectivity index (χ2n) is 6.85. The number of ether oxygens (including phenoxy) is 4. The number of hydrogen-bond acceptors (Lipinski definition) is 7. The lowest BCUT2D eigenvalue weighted by molar-refractivity contribution is 0.0335. The first kappa shape index (κ1) is 21.7. The van der Waals surface area contributed by atoms with Crippen molar-refractivity contribution < 1.29 is 28.8 Å². The van der Waals surface area contributed by atoms with E-state index in [1.165, 1.54) is 20.3 Å². The van der Waals surface area contributed by atoms with Gasteiger partial charge >= 0.3 is 0 Å². The average Bonchev–Trinajstić information content (AvgIpc) is 2.79. The highest BCUT2D eigenvalue weighted by atomic mass is 16.5. The Morgan fingerprint density at radius 1 is 1.10 bits per heavy atom. The fourth-order valence-corrected chi connectivity index (χ4v) is 3.38. The molecule has 2 aromatic rings. The van der Waals surface area contributed by atoms with Gasteiger partial charge in [-0.3, -0.25) is 9.69 Å². The second-order valence-corrected chi connectivity index (χ2v) is 6.85. The molecule has 1 aliphatic heterocycles. The average molecular weight is 413 g/mol. The molecule has 7 heteroatoms. The Hall–Kier alpha value is -3.03. The molecule has 0 bridgehead atoms. The zero-order valence-corrected chi connectivity index (χ0v) is 17.5. The van der Waals surface area contributed by atoms with Crippen molar-refractivity contribution in [2.75, 3.05) is 47.6 Å². The molecule has 0 saturated carbocycles. The van der Waals surface area contributed by atoms with Crippen LogP contribution < -0.4 is 14.2 Å². The highest BCUT2D eigenvalue weighted by Gasteiger charge is 2.25. The van der Waals surface area contributed by atoms with Gasteiger partial charge in [0.25, 0.3) is 0 Å². The Morgan fingerprint density at radius 2 is 1.83 bits per heavy atom. The third-order valence-electron chi connectivity index (χ3n) is 5.02. The van der Waals surface area contributed by atoms with E-state index >= 15 is 0 Å². The number of phenolic OH excluding ortho intramolecular Hbond substituents is 1. The number of phenols is 1. The SMILES string of the molecule is COc1cccc(/C=C/C(=O)c2c(OC)cc(OC)c(CN3CCOCC3)c2O)c1. The molecule has 1 heterocycles. The summed E-state index contributed by atoms with van der Waals surface area (Å²) in [5.74, 6) is 0.942. The van der Waals surface area contributed by atoms with Crippen LogP contribution in [-0.4, -0.2) is 63.4 Å². The molecule has 0 aromatic heterocycles. The van der Waals surface area contributed by atoms with Crippen LogP contribution >= 0.6 is 0 Å². The van der Waals surface area contributed by atoms with Crippen LogP contribution in [0.4, 0.5) is 0 Å². The Bertz CT molecular complexity index is 918. The van der Waals surface area contributed by atoms with Gasteiger partial charge in [0.05, 0.1) is 40.1 Å². The predicted octanol–water partition coefficient (Wildman–Crippen LogP) is 3.15. The molecular weight excluding hydrogens is 386 g/mol. The van der Waals surface area contributed by atoms with Gasteiger partial charge in [0.2, 0.25) is 0 Å². The van der Waals surface area contributed by atoms with Crippen molar-refractivity contribution in [3.8, 4) is 23.0 Å². The van der Waals surface area contributed by atoms with Crippen LogP contribution in [0.15, 0.2) is 36.4 Å². The second kappa shape index (κ2) is 10.1. The molecule has 3 rings (SSSR count). The number of aromatic hydroxyl groups is 1. The van der Waals surface area contributed by atoms with Crippen LogP contribution in [0.3, 0.4) is 0 Å². The fourth-order valence-electron chi connectivity index (χ4n) is 3.38. The molecule has 0 unspecified atom stereocenters. The molecule has 0 spiro atoms. The van der Waals surface area contributed by atoms with Gasteiger partial charge in [0.1, 0.15) is 28.6 Å². The monoisotopic (exact) mass is 413 g/mol. The molecule has 0 atom stereocenters. The summed E-state index contributed by atoms with van der Waals surface area (Å²) in [5.41, 5.74) is 1.47. The Kier molecular flexibility index (Phi) is 7.32.